The molecule has 2 rings (SSSR count). The van der Waals surface area contributed by atoms with Crippen LogP contribution in [0.1, 0.15) is 12.5 Å². The largest absolute Gasteiger partial charge is 0.457 e. The van der Waals surface area contributed by atoms with Gasteiger partial charge in [0.05, 0.1) is 11.5 Å². The number of aryl methyl sites for hydroxylation is 1. The molecule has 0 unspecified atom stereocenters. The number of nitrogens with zero attached hydrogens (tertiary/aromatic N) is 1. The molecule has 2 aromatic carbocycles. The van der Waals surface area contributed by atoms with Gasteiger partial charge in [0.15, 0.2) is 0 Å². The fourth-order valence-corrected chi connectivity index (χ4v) is 1.63. The minimum atomic E-state index is 0.551. The molecule has 0 spiro atoms. The van der Waals surface area contributed by atoms with E-state index in [0.29, 0.717) is 5.84 Å². The minimum absolute atomic E-state index is 0.551. The van der Waals surface area contributed by atoms with Crippen molar-refractivity contribution in [3.63, 3.8) is 0 Å². The van der Waals surface area contributed by atoms with E-state index >= 15 is 0 Å². The average molecular weight is 240 g/mol. The van der Waals surface area contributed by atoms with Gasteiger partial charge in [-0.25, -0.2) is 4.99 Å². The maximum atomic E-state index is 5.74. The van der Waals surface area contributed by atoms with E-state index in [-0.39, 0.29) is 0 Å². The lowest BCUT2D eigenvalue weighted by atomic mass is 10.2. The Morgan fingerprint density at radius 3 is 2.39 bits per heavy atom. The van der Waals surface area contributed by atoms with Gasteiger partial charge in [-0.2, -0.15) is 0 Å². The monoisotopic (exact) mass is 240 g/mol. The summed E-state index contributed by atoms with van der Waals surface area (Å²) >= 11 is 0. The van der Waals surface area contributed by atoms with E-state index in [0.717, 1.165) is 22.7 Å². The Bertz CT molecular complexity index is 558. The van der Waals surface area contributed by atoms with Gasteiger partial charge < -0.3 is 10.5 Å². The van der Waals surface area contributed by atoms with Crippen molar-refractivity contribution in [2.75, 3.05) is 0 Å². The van der Waals surface area contributed by atoms with Crippen molar-refractivity contribution in [2.24, 2.45) is 10.7 Å². The summed E-state index contributed by atoms with van der Waals surface area (Å²) < 4.78 is 5.74. The molecule has 0 aromatic heterocycles. The zero-order valence-electron chi connectivity index (χ0n) is 10.6. The maximum Gasteiger partial charge on any atom is 0.127 e. The van der Waals surface area contributed by atoms with Gasteiger partial charge in [-0.15, -0.1) is 0 Å². The second-order valence-electron chi connectivity index (χ2n) is 4.12. The maximum absolute atomic E-state index is 5.74. The first kappa shape index (κ1) is 12.2. The van der Waals surface area contributed by atoms with Crippen LogP contribution in [0.3, 0.4) is 0 Å². The van der Waals surface area contributed by atoms with Crippen molar-refractivity contribution in [1.82, 2.24) is 0 Å². The normalized spacial score (nSPS) is 11.3. The topological polar surface area (TPSA) is 47.6 Å². The number of benzene rings is 2. The van der Waals surface area contributed by atoms with Gasteiger partial charge in [-0.3, -0.25) is 0 Å². The van der Waals surface area contributed by atoms with E-state index in [1.165, 1.54) is 0 Å². The van der Waals surface area contributed by atoms with Gasteiger partial charge in [0.2, 0.25) is 0 Å². The molecule has 0 aliphatic heterocycles. The third-order valence-electron chi connectivity index (χ3n) is 2.44. The molecule has 0 radical (unpaired) electrons. The van der Waals surface area contributed by atoms with Crippen molar-refractivity contribution in [3.8, 4) is 11.5 Å². The molecule has 3 heteroatoms. The number of nitrogens with two attached hydrogens (primary N) is 1. The summed E-state index contributed by atoms with van der Waals surface area (Å²) in [6, 6.07) is 15.4. The number of amidine groups is 1. The summed E-state index contributed by atoms with van der Waals surface area (Å²) in [5, 5.41) is 0. The molecule has 0 fully saturated rings. The second-order valence-corrected chi connectivity index (χ2v) is 4.12. The highest BCUT2D eigenvalue weighted by molar-refractivity contribution is 5.81. The lowest BCUT2D eigenvalue weighted by Gasteiger charge is -2.07. The van der Waals surface area contributed by atoms with E-state index in [9.17, 15) is 0 Å². The van der Waals surface area contributed by atoms with Crippen LogP contribution in [-0.2, 0) is 0 Å². The molecule has 0 saturated carbocycles. The summed E-state index contributed by atoms with van der Waals surface area (Å²) in [6.45, 7) is 3.76. The summed E-state index contributed by atoms with van der Waals surface area (Å²) in [5.74, 6) is 2.17. The van der Waals surface area contributed by atoms with Gasteiger partial charge in [0.1, 0.15) is 11.5 Å². The summed E-state index contributed by atoms with van der Waals surface area (Å²) in [4.78, 5) is 4.25. The first-order valence-corrected chi connectivity index (χ1v) is 5.79. The summed E-state index contributed by atoms with van der Waals surface area (Å²) in [5.41, 5.74) is 7.48. The Morgan fingerprint density at radius 1 is 1.06 bits per heavy atom. The Kier molecular flexibility index (Phi) is 3.63. The zero-order chi connectivity index (χ0) is 13.0. The molecule has 0 amide bonds. The molecular weight excluding hydrogens is 224 g/mol. The number of hydrogen-bond donors (Lipinski definition) is 1. The van der Waals surface area contributed by atoms with Crippen molar-refractivity contribution in [3.05, 3.63) is 54.1 Å². The van der Waals surface area contributed by atoms with Gasteiger partial charge in [0, 0.05) is 0 Å². The first-order valence-electron chi connectivity index (χ1n) is 5.79. The molecule has 0 bridgehead atoms. The van der Waals surface area contributed by atoms with Crippen molar-refractivity contribution in [2.45, 2.75) is 13.8 Å². The molecule has 3 nitrogen and oxygen atoms in total. The van der Waals surface area contributed by atoms with Gasteiger partial charge >= 0.3 is 0 Å². The predicted molar refractivity (Wildman–Crippen MR) is 74.7 cm³/mol. The van der Waals surface area contributed by atoms with Gasteiger partial charge in [-0.1, -0.05) is 18.2 Å². The number of ether oxygens (including phenoxy) is 1. The highest BCUT2D eigenvalue weighted by Crippen LogP contribution is 2.27. The van der Waals surface area contributed by atoms with Crippen LogP contribution in [0.4, 0.5) is 5.69 Å². The van der Waals surface area contributed by atoms with Crippen LogP contribution < -0.4 is 10.5 Å². The predicted octanol–water partition coefficient (Wildman–Crippen LogP) is 3.80. The number of rotatable bonds is 3. The molecule has 0 heterocycles. The van der Waals surface area contributed by atoms with Gasteiger partial charge in [0.25, 0.3) is 0 Å². The van der Waals surface area contributed by atoms with Crippen LogP contribution in [-0.4, -0.2) is 5.84 Å². The van der Waals surface area contributed by atoms with E-state index in [1.54, 1.807) is 6.92 Å². The highest BCUT2D eigenvalue weighted by Gasteiger charge is 2.01. The van der Waals surface area contributed by atoms with Crippen LogP contribution in [0.5, 0.6) is 11.5 Å². The molecule has 0 atom stereocenters. The summed E-state index contributed by atoms with van der Waals surface area (Å²) in [6.07, 6.45) is 0. The van der Waals surface area contributed by atoms with Crippen molar-refractivity contribution in [1.29, 1.82) is 0 Å². The lowest BCUT2D eigenvalue weighted by Crippen LogP contribution is -2.04. The third-order valence-corrected chi connectivity index (χ3v) is 2.44. The SMILES string of the molecule is CC(N)=Nc1ccc(Oc2ccccc2)cc1C. The number of aliphatic imine (C=N–C) groups is 1. The molecule has 2 N–H and O–H groups in total. The fourth-order valence-electron chi connectivity index (χ4n) is 1.63. The van der Waals surface area contributed by atoms with Crippen LogP contribution >= 0.6 is 0 Å². The molecule has 2 aromatic rings. The fraction of sp³-hybridized carbons (Fsp3) is 0.133. The average Bonchev–Trinajstić information content (AvgIpc) is 2.33. The summed E-state index contributed by atoms with van der Waals surface area (Å²) in [7, 11) is 0. The first-order chi connectivity index (χ1) is 8.65. The van der Waals surface area contributed by atoms with E-state index < -0.39 is 0 Å². The zero-order valence-corrected chi connectivity index (χ0v) is 10.6. The Labute approximate surface area is 107 Å². The Hall–Kier alpha value is -2.29. The molecule has 0 aliphatic carbocycles. The number of para-hydroxylation sites is 1. The highest BCUT2D eigenvalue weighted by atomic mass is 16.5. The van der Waals surface area contributed by atoms with Crippen molar-refractivity contribution >= 4 is 11.5 Å². The Balaban J connectivity index is 2.22. The molecule has 0 aliphatic rings. The van der Waals surface area contributed by atoms with Crippen LogP contribution in [0, 0.1) is 6.92 Å². The minimum Gasteiger partial charge on any atom is -0.457 e. The second kappa shape index (κ2) is 5.36. The lowest BCUT2D eigenvalue weighted by molar-refractivity contribution is 0.482. The smallest absolute Gasteiger partial charge is 0.127 e. The Morgan fingerprint density at radius 2 is 1.78 bits per heavy atom. The van der Waals surface area contributed by atoms with Crippen molar-refractivity contribution < 1.29 is 4.74 Å². The molecule has 92 valence electrons. The standard InChI is InChI=1S/C15H16N2O/c1-11-10-14(8-9-15(11)17-12(2)16)18-13-6-4-3-5-7-13/h3-10H,1-2H3,(H2,16,17). The van der Waals surface area contributed by atoms with Gasteiger partial charge in [-0.05, 0) is 49.7 Å². The van der Waals surface area contributed by atoms with Crippen LogP contribution in [0.25, 0.3) is 0 Å². The molecule has 0 saturated heterocycles. The van der Waals surface area contributed by atoms with Crippen LogP contribution in [0.2, 0.25) is 0 Å². The van der Waals surface area contributed by atoms with E-state index in [2.05, 4.69) is 4.99 Å². The van der Waals surface area contributed by atoms with Crippen LogP contribution in [0.15, 0.2) is 53.5 Å². The third kappa shape index (κ3) is 3.10. The quantitative estimate of drug-likeness (QED) is 0.655. The molecular formula is C15H16N2O. The number of hydrogen-bond acceptors (Lipinski definition) is 2. The molecule has 18 heavy (non-hydrogen) atoms. The van der Waals surface area contributed by atoms with E-state index in [1.807, 2.05) is 55.5 Å². The van der Waals surface area contributed by atoms with E-state index in [4.69, 9.17) is 10.5 Å².